The molecule has 0 aliphatic carbocycles. The number of hydrogen-bond acceptors (Lipinski definition) is 5. The van der Waals surface area contributed by atoms with Crippen molar-refractivity contribution in [1.82, 2.24) is 4.72 Å². The number of sulfone groups is 1. The van der Waals surface area contributed by atoms with Crippen molar-refractivity contribution in [2.75, 3.05) is 18.5 Å². The largest absolute Gasteiger partial charge is 0.396 e. The number of halogens is 1. The quantitative estimate of drug-likeness (QED) is 0.773. The highest BCUT2D eigenvalue weighted by atomic mass is 32.2. The lowest BCUT2D eigenvalue weighted by molar-refractivity contribution is 0.537. The van der Waals surface area contributed by atoms with Crippen molar-refractivity contribution >= 4 is 25.5 Å². The first-order valence-electron chi connectivity index (χ1n) is 6.03. The van der Waals surface area contributed by atoms with E-state index in [1.165, 1.54) is 20.8 Å². The predicted molar refractivity (Wildman–Crippen MR) is 79.7 cm³/mol. The van der Waals surface area contributed by atoms with Crippen molar-refractivity contribution in [2.24, 2.45) is 0 Å². The first-order valence-corrected chi connectivity index (χ1v) is 9.40. The summed E-state index contributed by atoms with van der Waals surface area (Å²) in [5.74, 6) is -0.676. The van der Waals surface area contributed by atoms with Crippen molar-refractivity contribution in [1.29, 1.82) is 0 Å². The van der Waals surface area contributed by atoms with Gasteiger partial charge < -0.3 is 5.73 Å². The minimum absolute atomic E-state index is 0.0951. The molecule has 0 atom stereocenters. The Kier molecular flexibility index (Phi) is 4.71. The second-order valence-electron chi connectivity index (χ2n) is 5.50. The Morgan fingerprint density at radius 1 is 1.24 bits per heavy atom. The number of hydrogen-bond donors (Lipinski definition) is 2. The summed E-state index contributed by atoms with van der Waals surface area (Å²) in [6.07, 6.45) is 1.03. The normalized spacial score (nSPS) is 13.4. The molecule has 120 valence electrons. The summed E-state index contributed by atoms with van der Waals surface area (Å²) in [6, 6.07) is 2.14. The molecule has 21 heavy (non-hydrogen) atoms. The van der Waals surface area contributed by atoms with Crippen LogP contribution in [0, 0.1) is 12.7 Å². The maximum atomic E-state index is 13.4. The topological polar surface area (TPSA) is 106 Å². The molecule has 1 rings (SSSR count). The number of anilines is 1. The van der Waals surface area contributed by atoms with Gasteiger partial charge in [-0.05, 0) is 38.5 Å². The van der Waals surface area contributed by atoms with Gasteiger partial charge in [0.15, 0.2) is 9.84 Å². The highest BCUT2D eigenvalue weighted by Crippen LogP contribution is 2.21. The van der Waals surface area contributed by atoms with E-state index in [4.69, 9.17) is 5.73 Å². The maximum Gasteiger partial charge on any atom is 0.240 e. The lowest BCUT2D eigenvalue weighted by Gasteiger charge is -2.22. The number of nitrogens with one attached hydrogen (secondary N) is 1. The molecule has 0 amide bonds. The third kappa shape index (κ3) is 3.92. The van der Waals surface area contributed by atoms with E-state index in [9.17, 15) is 21.2 Å². The van der Waals surface area contributed by atoms with Crippen LogP contribution in [0.25, 0.3) is 0 Å². The molecule has 0 radical (unpaired) electrons. The van der Waals surface area contributed by atoms with E-state index < -0.39 is 30.4 Å². The molecular formula is C12H19FN2O4S2. The van der Waals surface area contributed by atoms with Crippen LogP contribution in [0.4, 0.5) is 10.1 Å². The van der Waals surface area contributed by atoms with Crippen molar-refractivity contribution < 1.29 is 21.2 Å². The second-order valence-corrected chi connectivity index (χ2v) is 9.92. The van der Waals surface area contributed by atoms with Gasteiger partial charge in [-0.15, -0.1) is 0 Å². The first kappa shape index (κ1) is 17.9. The van der Waals surface area contributed by atoms with Gasteiger partial charge >= 0.3 is 0 Å². The Morgan fingerprint density at radius 3 is 2.19 bits per heavy atom. The zero-order valence-electron chi connectivity index (χ0n) is 12.3. The van der Waals surface area contributed by atoms with Gasteiger partial charge in [0.1, 0.15) is 5.82 Å². The summed E-state index contributed by atoms with van der Waals surface area (Å²) in [4.78, 5) is -0.205. The van der Waals surface area contributed by atoms with Gasteiger partial charge in [0, 0.05) is 12.8 Å². The van der Waals surface area contributed by atoms with Crippen LogP contribution in [-0.4, -0.2) is 34.4 Å². The molecule has 9 heteroatoms. The van der Waals surface area contributed by atoms with Gasteiger partial charge in [-0.25, -0.2) is 25.9 Å². The van der Waals surface area contributed by atoms with E-state index in [1.54, 1.807) is 0 Å². The van der Waals surface area contributed by atoms with Crippen LogP contribution in [-0.2, 0) is 19.9 Å². The molecule has 0 saturated heterocycles. The third-order valence-corrected chi connectivity index (χ3v) is 6.79. The van der Waals surface area contributed by atoms with Crippen LogP contribution in [0.15, 0.2) is 17.0 Å². The van der Waals surface area contributed by atoms with Crippen molar-refractivity contribution in [2.45, 2.75) is 30.4 Å². The molecular weight excluding hydrogens is 319 g/mol. The molecule has 0 aromatic heterocycles. The van der Waals surface area contributed by atoms with E-state index >= 15 is 0 Å². The van der Waals surface area contributed by atoms with Crippen molar-refractivity contribution in [3.05, 3.63) is 23.5 Å². The standard InChI is InChI=1S/C12H19FN2O4S2/c1-8-5-9(6-10(14)11(8)13)21(18,19)15-7-12(2,3)20(4,16)17/h5-6,15H,7,14H2,1-4H3. The molecule has 1 aromatic carbocycles. The molecule has 1 aromatic rings. The van der Waals surface area contributed by atoms with Crippen LogP contribution in [0.3, 0.4) is 0 Å². The maximum absolute atomic E-state index is 13.4. The molecule has 0 bridgehead atoms. The lowest BCUT2D eigenvalue weighted by Crippen LogP contribution is -2.43. The van der Waals surface area contributed by atoms with Gasteiger partial charge in [-0.1, -0.05) is 0 Å². The summed E-state index contributed by atoms with van der Waals surface area (Å²) in [5, 5.41) is 0. The minimum atomic E-state index is -3.98. The van der Waals surface area contributed by atoms with Crippen molar-refractivity contribution in [3.8, 4) is 0 Å². The number of benzene rings is 1. The van der Waals surface area contributed by atoms with E-state index in [0.717, 1.165) is 18.4 Å². The van der Waals surface area contributed by atoms with E-state index in [0.29, 0.717) is 0 Å². The summed E-state index contributed by atoms with van der Waals surface area (Å²) in [7, 11) is -7.42. The summed E-state index contributed by atoms with van der Waals surface area (Å²) >= 11 is 0. The average Bonchev–Trinajstić information content (AvgIpc) is 2.31. The molecule has 6 nitrogen and oxygen atoms in total. The third-order valence-electron chi connectivity index (χ3n) is 3.26. The smallest absolute Gasteiger partial charge is 0.240 e. The Labute approximate surface area is 124 Å². The molecule has 0 fully saturated rings. The Bertz CT molecular complexity index is 732. The molecule has 0 aliphatic rings. The van der Waals surface area contributed by atoms with E-state index in [-0.39, 0.29) is 22.7 Å². The fourth-order valence-corrected chi connectivity index (χ4v) is 3.16. The summed E-state index contributed by atoms with van der Waals surface area (Å²) in [5.41, 5.74) is 5.22. The monoisotopic (exact) mass is 338 g/mol. The van der Waals surface area contributed by atoms with Gasteiger partial charge in [-0.3, -0.25) is 0 Å². The SMILES string of the molecule is Cc1cc(S(=O)(=O)NCC(C)(C)S(C)(=O)=O)cc(N)c1F. The van der Waals surface area contributed by atoms with Crippen molar-refractivity contribution in [3.63, 3.8) is 0 Å². The van der Waals surface area contributed by atoms with Gasteiger partial charge in [0.2, 0.25) is 10.0 Å². The van der Waals surface area contributed by atoms with Crippen LogP contribution >= 0.6 is 0 Å². The molecule has 0 aliphatic heterocycles. The first-order chi connectivity index (χ1) is 9.28. The lowest BCUT2D eigenvalue weighted by atomic mass is 10.2. The number of nitrogens with two attached hydrogens (primary N) is 1. The highest BCUT2D eigenvalue weighted by molar-refractivity contribution is 7.92. The fraction of sp³-hybridized carbons (Fsp3) is 0.500. The van der Waals surface area contributed by atoms with Crippen LogP contribution in [0.1, 0.15) is 19.4 Å². The Hall–Kier alpha value is -1.19. The van der Waals surface area contributed by atoms with Gasteiger partial charge in [0.05, 0.1) is 15.3 Å². The van der Waals surface area contributed by atoms with E-state index in [1.807, 2.05) is 0 Å². The Balaban J connectivity index is 3.09. The fourth-order valence-electron chi connectivity index (χ4n) is 1.40. The van der Waals surface area contributed by atoms with Gasteiger partial charge in [-0.2, -0.15) is 0 Å². The van der Waals surface area contributed by atoms with Gasteiger partial charge in [0.25, 0.3) is 0 Å². The number of aryl methyl sites for hydroxylation is 1. The molecule has 0 spiro atoms. The number of sulfonamides is 1. The zero-order valence-corrected chi connectivity index (χ0v) is 13.9. The summed E-state index contributed by atoms with van der Waals surface area (Å²) < 4.78 is 61.7. The Morgan fingerprint density at radius 2 is 1.76 bits per heavy atom. The number of nitrogen functional groups attached to an aromatic ring is 1. The predicted octanol–water partition coefficient (Wildman–Crippen LogP) is 0.818. The summed E-state index contributed by atoms with van der Waals surface area (Å²) in [6.45, 7) is 3.92. The minimum Gasteiger partial charge on any atom is -0.396 e. The second kappa shape index (κ2) is 5.54. The molecule has 0 heterocycles. The van der Waals surface area contributed by atoms with Crippen LogP contribution < -0.4 is 10.5 Å². The number of rotatable bonds is 5. The highest BCUT2D eigenvalue weighted by Gasteiger charge is 2.32. The molecule has 3 N–H and O–H groups in total. The molecule has 0 saturated carbocycles. The van der Waals surface area contributed by atoms with Crippen LogP contribution in [0.5, 0.6) is 0 Å². The van der Waals surface area contributed by atoms with Crippen LogP contribution in [0.2, 0.25) is 0 Å². The van der Waals surface area contributed by atoms with E-state index in [2.05, 4.69) is 4.72 Å². The zero-order chi connectivity index (χ0) is 16.6. The average molecular weight is 338 g/mol. The molecule has 0 unspecified atom stereocenters.